The second kappa shape index (κ2) is 8.35. The fourth-order valence-corrected chi connectivity index (χ4v) is 3.83. The average molecular weight is 375 g/mol. The summed E-state index contributed by atoms with van der Waals surface area (Å²) in [4.78, 5) is 29.0. The molecule has 2 saturated heterocycles. The van der Waals surface area contributed by atoms with Gasteiger partial charge in [-0.25, -0.2) is 0 Å². The van der Waals surface area contributed by atoms with Crippen molar-refractivity contribution in [2.75, 3.05) is 45.8 Å². The Bertz CT molecular complexity index is 666. The van der Waals surface area contributed by atoms with Crippen molar-refractivity contribution in [3.8, 4) is 0 Å². The maximum Gasteiger partial charge on any atom is 0.273 e. The van der Waals surface area contributed by atoms with Crippen LogP contribution in [0.5, 0.6) is 0 Å². The van der Waals surface area contributed by atoms with Crippen LogP contribution in [0.3, 0.4) is 0 Å². The highest BCUT2D eigenvalue weighted by molar-refractivity contribution is 5.92. The van der Waals surface area contributed by atoms with E-state index >= 15 is 0 Å². The minimum atomic E-state index is -0.200. The Morgan fingerprint density at radius 1 is 1.15 bits per heavy atom. The second-order valence-corrected chi connectivity index (χ2v) is 7.83. The summed E-state index contributed by atoms with van der Waals surface area (Å²) >= 11 is 0. The maximum atomic E-state index is 12.5. The SMILES string of the molecule is O=C(N[C@H]1CCCN(C(=O)C2CC2)C1)c1cn(CCN2CCNCC2)nn1. The van der Waals surface area contributed by atoms with Crippen LogP contribution in [0.2, 0.25) is 0 Å². The van der Waals surface area contributed by atoms with Gasteiger partial charge in [0.1, 0.15) is 0 Å². The Labute approximate surface area is 159 Å². The summed E-state index contributed by atoms with van der Waals surface area (Å²) in [6.07, 6.45) is 5.58. The van der Waals surface area contributed by atoms with E-state index in [4.69, 9.17) is 0 Å². The first kappa shape index (κ1) is 18.4. The van der Waals surface area contributed by atoms with Gasteiger partial charge < -0.3 is 15.5 Å². The van der Waals surface area contributed by atoms with Gasteiger partial charge in [-0.3, -0.25) is 19.2 Å². The van der Waals surface area contributed by atoms with Gasteiger partial charge in [0, 0.05) is 57.8 Å². The molecule has 1 saturated carbocycles. The number of hydrogen-bond donors (Lipinski definition) is 2. The summed E-state index contributed by atoms with van der Waals surface area (Å²) in [6, 6.07) is -0.0000464. The smallest absolute Gasteiger partial charge is 0.273 e. The van der Waals surface area contributed by atoms with Crippen molar-refractivity contribution < 1.29 is 9.59 Å². The van der Waals surface area contributed by atoms with Gasteiger partial charge in [-0.2, -0.15) is 0 Å². The molecule has 2 amide bonds. The first-order chi connectivity index (χ1) is 13.2. The number of piperazine rings is 1. The number of likely N-dealkylation sites (tertiary alicyclic amines) is 1. The first-order valence-corrected chi connectivity index (χ1v) is 10.1. The molecule has 2 aliphatic heterocycles. The zero-order valence-corrected chi connectivity index (χ0v) is 15.8. The Kier molecular flexibility index (Phi) is 5.68. The molecule has 0 bridgehead atoms. The fraction of sp³-hybridized carbons (Fsp3) is 0.778. The third-order valence-electron chi connectivity index (χ3n) is 5.62. The van der Waals surface area contributed by atoms with E-state index in [1.54, 1.807) is 10.9 Å². The monoisotopic (exact) mass is 375 g/mol. The van der Waals surface area contributed by atoms with Gasteiger partial charge in [0.15, 0.2) is 5.69 Å². The lowest BCUT2D eigenvalue weighted by Gasteiger charge is -2.33. The molecule has 0 spiro atoms. The Morgan fingerprint density at radius 3 is 2.74 bits per heavy atom. The first-order valence-electron chi connectivity index (χ1n) is 10.1. The van der Waals surface area contributed by atoms with Crippen molar-refractivity contribution in [2.24, 2.45) is 5.92 Å². The Hall–Kier alpha value is -2.00. The van der Waals surface area contributed by atoms with Crippen LogP contribution in [0.15, 0.2) is 6.20 Å². The number of carbonyl (C=O) groups excluding carboxylic acids is 2. The second-order valence-electron chi connectivity index (χ2n) is 7.83. The van der Waals surface area contributed by atoms with E-state index in [1.165, 1.54) is 0 Å². The molecular weight excluding hydrogens is 346 g/mol. The van der Waals surface area contributed by atoms with Gasteiger partial charge in [-0.15, -0.1) is 5.10 Å². The standard InChI is InChI=1S/C18H29N7O2/c26-17(20-15-2-1-7-24(12-15)18(27)14-3-4-14)16-13-25(22-21-16)11-10-23-8-5-19-6-9-23/h13-15,19H,1-12H2,(H,20,26)/t15-/m0/s1. The molecule has 3 aliphatic rings. The zero-order chi connectivity index (χ0) is 18.6. The van der Waals surface area contributed by atoms with E-state index in [1.807, 2.05) is 4.90 Å². The number of amides is 2. The largest absolute Gasteiger partial charge is 0.346 e. The van der Waals surface area contributed by atoms with Crippen molar-refractivity contribution >= 4 is 11.8 Å². The molecule has 1 aromatic heterocycles. The lowest BCUT2D eigenvalue weighted by Crippen LogP contribution is -2.50. The fourth-order valence-electron chi connectivity index (χ4n) is 3.83. The highest BCUT2D eigenvalue weighted by Crippen LogP contribution is 2.31. The molecule has 148 valence electrons. The predicted molar refractivity (Wildman–Crippen MR) is 99.1 cm³/mol. The van der Waals surface area contributed by atoms with Gasteiger partial charge in [-0.1, -0.05) is 5.21 Å². The molecule has 9 heteroatoms. The molecule has 27 heavy (non-hydrogen) atoms. The summed E-state index contributed by atoms with van der Waals surface area (Å²) < 4.78 is 1.74. The summed E-state index contributed by atoms with van der Waals surface area (Å²) in [5.41, 5.74) is 0.348. The number of nitrogens with zero attached hydrogens (tertiary/aromatic N) is 5. The van der Waals surface area contributed by atoms with Gasteiger partial charge in [0.25, 0.3) is 5.91 Å². The van der Waals surface area contributed by atoms with E-state index in [-0.39, 0.29) is 23.8 Å². The third kappa shape index (κ3) is 4.84. The van der Waals surface area contributed by atoms with E-state index < -0.39 is 0 Å². The van der Waals surface area contributed by atoms with Crippen LogP contribution in [0.1, 0.15) is 36.2 Å². The van der Waals surface area contributed by atoms with Crippen molar-refractivity contribution in [1.29, 1.82) is 0 Å². The van der Waals surface area contributed by atoms with E-state index in [0.29, 0.717) is 12.2 Å². The summed E-state index contributed by atoms with van der Waals surface area (Å²) in [5.74, 6) is 0.289. The molecule has 4 rings (SSSR count). The van der Waals surface area contributed by atoms with Crippen LogP contribution in [0.4, 0.5) is 0 Å². The molecule has 1 atom stereocenters. The number of piperidine rings is 1. The lowest BCUT2D eigenvalue weighted by atomic mass is 10.0. The van der Waals surface area contributed by atoms with Crippen LogP contribution in [0, 0.1) is 5.92 Å². The minimum Gasteiger partial charge on any atom is -0.346 e. The van der Waals surface area contributed by atoms with Crippen LogP contribution < -0.4 is 10.6 Å². The topological polar surface area (TPSA) is 95.4 Å². The lowest BCUT2D eigenvalue weighted by molar-refractivity contribution is -0.133. The van der Waals surface area contributed by atoms with Crippen LogP contribution in [-0.4, -0.2) is 88.5 Å². The number of rotatable bonds is 6. The van der Waals surface area contributed by atoms with Crippen LogP contribution in [0.25, 0.3) is 0 Å². The molecule has 1 aromatic rings. The molecule has 2 N–H and O–H groups in total. The molecule has 0 radical (unpaired) electrons. The highest BCUT2D eigenvalue weighted by Gasteiger charge is 2.35. The van der Waals surface area contributed by atoms with Crippen LogP contribution >= 0.6 is 0 Å². The quantitative estimate of drug-likeness (QED) is 0.684. The van der Waals surface area contributed by atoms with E-state index in [0.717, 1.165) is 71.5 Å². The van der Waals surface area contributed by atoms with Crippen molar-refractivity contribution in [3.05, 3.63) is 11.9 Å². The normalized spacial score (nSPS) is 24.0. The predicted octanol–water partition coefficient (Wildman–Crippen LogP) is -0.686. The summed E-state index contributed by atoms with van der Waals surface area (Å²) in [6.45, 7) is 7.18. The van der Waals surface area contributed by atoms with Gasteiger partial charge in [0.2, 0.25) is 5.91 Å². The third-order valence-corrected chi connectivity index (χ3v) is 5.62. The van der Waals surface area contributed by atoms with Crippen molar-refractivity contribution in [2.45, 2.75) is 38.3 Å². The van der Waals surface area contributed by atoms with E-state index in [9.17, 15) is 9.59 Å². The number of aromatic nitrogens is 3. The maximum absolute atomic E-state index is 12.5. The molecule has 3 heterocycles. The van der Waals surface area contributed by atoms with Gasteiger partial charge in [-0.05, 0) is 25.7 Å². The Morgan fingerprint density at radius 2 is 1.96 bits per heavy atom. The molecule has 3 fully saturated rings. The minimum absolute atomic E-state index is 0.0000464. The van der Waals surface area contributed by atoms with Crippen molar-refractivity contribution in [3.63, 3.8) is 0 Å². The summed E-state index contributed by atoms with van der Waals surface area (Å²) in [7, 11) is 0. The van der Waals surface area contributed by atoms with Crippen LogP contribution in [-0.2, 0) is 11.3 Å². The molecule has 9 nitrogen and oxygen atoms in total. The Balaban J connectivity index is 1.25. The average Bonchev–Trinajstić information content (AvgIpc) is 3.44. The number of carbonyl (C=O) groups is 2. The molecule has 0 aromatic carbocycles. The molecular formula is C18H29N7O2. The highest BCUT2D eigenvalue weighted by atomic mass is 16.2. The van der Waals surface area contributed by atoms with Gasteiger partial charge in [0.05, 0.1) is 12.7 Å². The zero-order valence-electron chi connectivity index (χ0n) is 15.8. The number of hydrogen-bond acceptors (Lipinski definition) is 6. The van der Waals surface area contributed by atoms with Crippen molar-refractivity contribution in [1.82, 2.24) is 35.4 Å². The van der Waals surface area contributed by atoms with Gasteiger partial charge >= 0.3 is 0 Å². The van der Waals surface area contributed by atoms with E-state index in [2.05, 4.69) is 25.8 Å². The molecule has 1 aliphatic carbocycles. The molecule has 0 unspecified atom stereocenters. The number of nitrogens with one attached hydrogen (secondary N) is 2. The summed E-state index contributed by atoms with van der Waals surface area (Å²) in [5, 5.41) is 14.5.